The van der Waals surface area contributed by atoms with Crippen LogP contribution in [0.4, 0.5) is 0 Å². The van der Waals surface area contributed by atoms with Gasteiger partial charge in [0.1, 0.15) is 4.83 Å². The summed E-state index contributed by atoms with van der Waals surface area (Å²) in [6.45, 7) is 2.13. The summed E-state index contributed by atoms with van der Waals surface area (Å²) in [6.07, 6.45) is 4.70. The number of hydrogen-bond donors (Lipinski definition) is 3. The molecule has 3 aromatic heterocycles. The molecule has 0 unspecified atom stereocenters. The van der Waals surface area contributed by atoms with Crippen molar-refractivity contribution in [1.29, 1.82) is 0 Å². The van der Waals surface area contributed by atoms with E-state index in [1.54, 1.807) is 19.3 Å². The molecule has 0 radical (unpaired) electrons. The molecule has 3 aromatic rings. The Hall–Kier alpha value is -2.48. The molecule has 3 heterocycles. The minimum Gasteiger partial charge on any atom is -0.347 e. The van der Waals surface area contributed by atoms with Gasteiger partial charge < -0.3 is 10.3 Å². The van der Waals surface area contributed by atoms with Crippen molar-refractivity contribution in [2.24, 2.45) is 0 Å². The Morgan fingerprint density at radius 3 is 3.05 bits per heavy atom. The average molecular weight is 289 g/mol. The fourth-order valence-corrected chi connectivity index (χ4v) is 3.00. The molecule has 8 heteroatoms. The minimum atomic E-state index is -0.224. The third-order valence-corrected chi connectivity index (χ3v) is 4.15. The van der Waals surface area contributed by atoms with Crippen molar-refractivity contribution < 1.29 is 4.79 Å². The Bertz CT molecular complexity index is 818. The first-order chi connectivity index (χ1) is 9.66. The second-order valence-corrected chi connectivity index (χ2v) is 5.26. The zero-order valence-electron chi connectivity index (χ0n) is 10.6. The number of carbonyl (C=O) groups is 1. The lowest BCUT2D eigenvalue weighted by Gasteiger charge is -2.01. The molecule has 0 aliphatic rings. The van der Waals surface area contributed by atoms with E-state index < -0.39 is 0 Å². The number of aromatic nitrogens is 4. The van der Waals surface area contributed by atoms with Crippen LogP contribution in [0, 0.1) is 6.92 Å². The van der Waals surface area contributed by atoms with E-state index >= 15 is 0 Å². The van der Waals surface area contributed by atoms with Crippen molar-refractivity contribution in [3.8, 4) is 0 Å². The molecule has 0 spiro atoms. The Morgan fingerprint density at radius 1 is 1.50 bits per heavy atom. The van der Waals surface area contributed by atoms with Crippen molar-refractivity contribution >= 4 is 27.5 Å². The zero-order valence-corrected chi connectivity index (χ0v) is 11.4. The zero-order chi connectivity index (χ0) is 14.1. The van der Waals surface area contributed by atoms with Crippen molar-refractivity contribution in [1.82, 2.24) is 25.5 Å². The van der Waals surface area contributed by atoms with Gasteiger partial charge in [0.05, 0.1) is 22.8 Å². The maximum absolute atomic E-state index is 12.2. The lowest BCUT2D eigenvalue weighted by molar-refractivity contribution is 0.0954. The highest BCUT2D eigenvalue weighted by molar-refractivity contribution is 7.20. The SMILES string of the molecule is Cc1c(C(=O)NCc2cn[nH]c2)sc2nc[nH]c(=O)c12. The van der Waals surface area contributed by atoms with Crippen LogP contribution in [0.1, 0.15) is 20.8 Å². The van der Waals surface area contributed by atoms with E-state index in [0.29, 0.717) is 27.2 Å². The maximum Gasteiger partial charge on any atom is 0.261 e. The first-order valence-electron chi connectivity index (χ1n) is 5.89. The molecule has 0 saturated heterocycles. The van der Waals surface area contributed by atoms with Crippen LogP contribution in [-0.2, 0) is 6.54 Å². The van der Waals surface area contributed by atoms with E-state index in [-0.39, 0.29) is 11.5 Å². The van der Waals surface area contributed by atoms with Crippen LogP contribution in [0.15, 0.2) is 23.5 Å². The molecule has 102 valence electrons. The molecule has 20 heavy (non-hydrogen) atoms. The van der Waals surface area contributed by atoms with Crippen molar-refractivity contribution in [3.05, 3.63) is 45.1 Å². The quantitative estimate of drug-likeness (QED) is 0.667. The van der Waals surface area contributed by atoms with Gasteiger partial charge in [0.2, 0.25) is 0 Å². The summed E-state index contributed by atoms with van der Waals surface area (Å²) < 4.78 is 0. The molecular weight excluding hydrogens is 278 g/mol. The van der Waals surface area contributed by atoms with Crippen LogP contribution in [0.25, 0.3) is 10.2 Å². The highest BCUT2D eigenvalue weighted by Crippen LogP contribution is 2.26. The third kappa shape index (κ3) is 2.10. The minimum absolute atomic E-state index is 0.217. The number of H-pyrrole nitrogens is 2. The molecule has 0 aromatic carbocycles. The van der Waals surface area contributed by atoms with Crippen molar-refractivity contribution in [2.75, 3.05) is 0 Å². The molecular formula is C12H11N5O2S. The third-order valence-electron chi connectivity index (χ3n) is 2.95. The molecule has 1 amide bonds. The Kier molecular flexibility index (Phi) is 3.07. The summed E-state index contributed by atoms with van der Waals surface area (Å²) in [6, 6.07) is 0. The van der Waals surface area contributed by atoms with E-state index in [1.165, 1.54) is 17.7 Å². The van der Waals surface area contributed by atoms with Crippen molar-refractivity contribution in [2.45, 2.75) is 13.5 Å². The van der Waals surface area contributed by atoms with Gasteiger partial charge in [-0.1, -0.05) is 0 Å². The molecule has 3 N–H and O–H groups in total. The monoisotopic (exact) mass is 289 g/mol. The number of carbonyl (C=O) groups excluding carboxylic acids is 1. The second kappa shape index (κ2) is 4.89. The van der Waals surface area contributed by atoms with Crippen LogP contribution < -0.4 is 10.9 Å². The highest BCUT2D eigenvalue weighted by Gasteiger charge is 2.17. The highest BCUT2D eigenvalue weighted by atomic mass is 32.1. The smallest absolute Gasteiger partial charge is 0.261 e. The van der Waals surface area contributed by atoms with Gasteiger partial charge in [-0.25, -0.2) is 4.98 Å². The predicted octanol–water partition coefficient (Wildman–Crippen LogP) is 0.946. The lowest BCUT2D eigenvalue weighted by atomic mass is 10.2. The van der Waals surface area contributed by atoms with Gasteiger partial charge in [-0.05, 0) is 12.5 Å². The first-order valence-corrected chi connectivity index (χ1v) is 6.71. The Morgan fingerprint density at radius 2 is 2.35 bits per heavy atom. The number of nitrogens with one attached hydrogen (secondary N) is 3. The molecule has 3 rings (SSSR count). The Balaban J connectivity index is 1.90. The first kappa shape index (κ1) is 12.5. The summed E-state index contributed by atoms with van der Waals surface area (Å²) in [5, 5.41) is 9.76. The van der Waals surface area contributed by atoms with Crippen LogP contribution in [0.5, 0.6) is 0 Å². The van der Waals surface area contributed by atoms with E-state index in [1.807, 2.05) is 0 Å². The fourth-order valence-electron chi connectivity index (χ4n) is 1.93. The summed E-state index contributed by atoms with van der Waals surface area (Å²) in [4.78, 5) is 31.6. The number of nitrogens with zero attached hydrogens (tertiary/aromatic N) is 2. The normalized spacial score (nSPS) is 10.8. The number of fused-ring (bicyclic) bond motifs is 1. The van der Waals surface area contributed by atoms with Crippen LogP contribution in [0.3, 0.4) is 0 Å². The van der Waals surface area contributed by atoms with E-state index in [4.69, 9.17) is 0 Å². The second-order valence-electron chi connectivity index (χ2n) is 4.26. The van der Waals surface area contributed by atoms with E-state index in [0.717, 1.165) is 5.56 Å². The van der Waals surface area contributed by atoms with Gasteiger partial charge in [0, 0.05) is 18.3 Å². The van der Waals surface area contributed by atoms with Gasteiger partial charge in [0.15, 0.2) is 0 Å². The summed E-state index contributed by atoms with van der Waals surface area (Å²) in [7, 11) is 0. The number of aryl methyl sites for hydroxylation is 1. The van der Waals surface area contributed by atoms with E-state index in [9.17, 15) is 9.59 Å². The van der Waals surface area contributed by atoms with Gasteiger partial charge in [-0.3, -0.25) is 14.7 Å². The summed E-state index contributed by atoms with van der Waals surface area (Å²) in [5.41, 5.74) is 1.31. The van der Waals surface area contributed by atoms with Crippen LogP contribution in [0.2, 0.25) is 0 Å². The van der Waals surface area contributed by atoms with E-state index in [2.05, 4.69) is 25.5 Å². The molecule has 0 bridgehead atoms. The average Bonchev–Trinajstić information content (AvgIpc) is 3.05. The number of amides is 1. The predicted molar refractivity (Wildman–Crippen MR) is 74.7 cm³/mol. The summed E-state index contributed by atoms with van der Waals surface area (Å²) in [5.74, 6) is -0.217. The molecule has 7 nitrogen and oxygen atoms in total. The topological polar surface area (TPSA) is 104 Å². The van der Waals surface area contributed by atoms with Crippen LogP contribution in [-0.4, -0.2) is 26.1 Å². The van der Waals surface area contributed by atoms with Gasteiger partial charge >= 0.3 is 0 Å². The van der Waals surface area contributed by atoms with Gasteiger partial charge in [0.25, 0.3) is 11.5 Å². The molecule has 0 fully saturated rings. The Labute approximate surface area is 117 Å². The van der Waals surface area contributed by atoms with Gasteiger partial charge in [-0.2, -0.15) is 5.10 Å². The maximum atomic E-state index is 12.2. The molecule has 0 saturated carbocycles. The molecule has 0 aliphatic heterocycles. The number of hydrogen-bond acceptors (Lipinski definition) is 5. The number of rotatable bonds is 3. The number of thiophene rings is 1. The molecule has 0 atom stereocenters. The standard InChI is InChI=1S/C12H11N5O2S/c1-6-8-10(18)14-5-15-12(8)20-9(6)11(19)13-2-7-3-16-17-4-7/h3-5H,2H2,1H3,(H,13,19)(H,16,17)(H,14,15,18). The van der Waals surface area contributed by atoms with Crippen molar-refractivity contribution in [3.63, 3.8) is 0 Å². The molecule has 0 aliphatic carbocycles. The largest absolute Gasteiger partial charge is 0.347 e. The fraction of sp³-hybridized carbons (Fsp3) is 0.167. The number of aromatic amines is 2. The lowest BCUT2D eigenvalue weighted by Crippen LogP contribution is -2.22. The van der Waals surface area contributed by atoms with Gasteiger partial charge in [-0.15, -0.1) is 11.3 Å². The summed E-state index contributed by atoms with van der Waals surface area (Å²) >= 11 is 1.22. The van der Waals surface area contributed by atoms with Crippen LogP contribution >= 0.6 is 11.3 Å².